The van der Waals surface area contributed by atoms with E-state index >= 15 is 0 Å². The quantitative estimate of drug-likeness (QED) is 0.386. The molecular weight excluding hydrogens is 344 g/mol. The van der Waals surface area contributed by atoms with Gasteiger partial charge in [0.2, 0.25) is 0 Å². The predicted molar refractivity (Wildman–Crippen MR) is 89.8 cm³/mol. The molecule has 11 nitrogen and oxygen atoms in total. The highest BCUT2D eigenvalue weighted by Gasteiger charge is 2.45. The first-order chi connectivity index (χ1) is 12.5. The van der Waals surface area contributed by atoms with Gasteiger partial charge in [0.15, 0.2) is 11.5 Å². The Labute approximate surface area is 148 Å². The van der Waals surface area contributed by atoms with Crippen LogP contribution in [0.3, 0.4) is 0 Å². The van der Waals surface area contributed by atoms with Gasteiger partial charge in [0, 0.05) is 0 Å². The third-order valence-corrected chi connectivity index (χ3v) is 3.88. The molecule has 2 aliphatic heterocycles. The average molecular weight is 362 g/mol. The molecule has 1 aromatic carbocycles. The van der Waals surface area contributed by atoms with Crippen LogP contribution in [-0.2, 0) is 4.79 Å². The van der Waals surface area contributed by atoms with Crippen LogP contribution in [0.2, 0.25) is 0 Å². The minimum Gasteiger partial charge on any atom is -0.493 e. The lowest BCUT2D eigenvalue weighted by Gasteiger charge is -2.19. The summed E-state index contributed by atoms with van der Waals surface area (Å²) in [6, 6.07) is 4.30. The number of carbonyl (C=O) groups excluding carboxylic acids is 3. The Balaban J connectivity index is 1.56. The van der Waals surface area contributed by atoms with Crippen LogP contribution in [0.5, 0.6) is 11.5 Å². The van der Waals surface area contributed by atoms with E-state index in [1.165, 1.54) is 25.3 Å². The molecule has 2 unspecified atom stereocenters. The monoisotopic (exact) mass is 362 g/mol. The Morgan fingerprint density at radius 2 is 2.00 bits per heavy atom. The number of urea groups is 2. The normalized spacial score (nSPS) is 21.1. The van der Waals surface area contributed by atoms with Crippen molar-refractivity contribution in [2.45, 2.75) is 12.3 Å². The van der Waals surface area contributed by atoms with Crippen molar-refractivity contribution in [3.63, 3.8) is 0 Å². The van der Waals surface area contributed by atoms with E-state index < -0.39 is 30.3 Å². The van der Waals surface area contributed by atoms with Crippen molar-refractivity contribution in [3.8, 4) is 11.5 Å². The first-order valence-corrected chi connectivity index (χ1v) is 7.70. The predicted octanol–water partition coefficient (Wildman–Crippen LogP) is -0.856. The zero-order valence-electron chi connectivity index (χ0n) is 14.1. The summed E-state index contributed by atoms with van der Waals surface area (Å²) in [4.78, 5) is 36.3. The van der Waals surface area contributed by atoms with Crippen molar-refractivity contribution < 1.29 is 23.9 Å². The summed E-state index contributed by atoms with van der Waals surface area (Å²) in [5.74, 6) is 0.612. The van der Waals surface area contributed by atoms with E-state index in [2.05, 4.69) is 26.5 Å². The number of nitrogens with zero attached hydrogens (tertiary/aromatic N) is 2. The number of amides is 5. The number of hydrazone groups is 1. The molecule has 1 aromatic rings. The lowest BCUT2D eigenvalue weighted by molar-refractivity contribution is -0.121. The zero-order chi connectivity index (χ0) is 18.7. The van der Waals surface area contributed by atoms with Crippen LogP contribution in [0.25, 0.3) is 0 Å². The number of carbonyl (C=O) groups is 3. The van der Waals surface area contributed by atoms with Gasteiger partial charge in [-0.25, -0.2) is 15.0 Å². The summed E-state index contributed by atoms with van der Waals surface area (Å²) in [6.45, 7) is -0.252. The van der Waals surface area contributed by atoms with E-state index in [0.717, 1.165) is 0 Å². The molecule has 138 valence electrons. The van der Waals surface area contributed by atoms with Gasteiger partial charge in [-0.2, -0.15) is 5.10 Å². The summed E-state index contributed by atoms with van der Waals surface area (Å²) in [5.41, 5.74) is 3.03. The molecule has 2 saturated heterocycles. The standard InChI is InChI=1S/C15H18N6O5/c1-25-9-4-3-8(5-10(9)26-2)6-16-20-11(22)7-21-13-12(18-15(21)24)17-14(23)19-13/h3-6,12-13H,7H2,1-2H3,(H,18,24)(H,20,22)(H2,17,19,23). The molecule has 0 saturated carbocycles. The van der Waals surface area contributed by atoms with Gasteiger partial charge in [-0.3, -0.25) is 9.69 Å². The third kappa shape index (κ3) is 3.45. The summed E-state index contributed by atoms with van der Waals surface area (Å²) in [6.07, 6.45) is 0.264. The van der Waals surface area contributed by atoms with Gasteiger partial charge >= 0.3 is 12.1 Å². The summed E-state index contributed by atoms with van der Waals surface area (Å²) < 4.78 is 10.3. The second-order valence-corrected chi connectivity index (χ2v) is 5.53. The van der Waals surface area contributed by atoms with Gasteiger partial charge in [-0.1, -0.05) is 0 Å². The molecular formula is C15H18N6O5. The summed E-state index contributed by atoms with van der Waals surface area (Å²) in [5, 5.41) is 11.5. The molecule has 2 heterocycles. The number of nitrogens with one attached hydrogen (secondary N) is 4. The van der Waals surface area contributed by atoms with Crippen molar-refractivity contribution in [2.24, 2.45) is 5.10 Å². The number of ether oxygens (including phenoxy) is 2. The maximum Gasteiger partial charge on any atom is 0.321 e. The van der Waals surface area contributed by atoms with Gasteiger partial charge in [0.05, 0.1) is 20.4 Å². The minimum absolute atomic E-state index is 0.252. The van der Waals surface area contributed by atoms with Gasteiger partial charge in [0.25, 0.3) is 5.91 Å². The highest BCUT2D eigenvalue weighted by atomic mass is 16.5. The van der Waals surface area contributed by atoms with Crippen molar-refractivity contribution in [1.82, 2.24) is 26.3 Å². The zero-order valence-corrected chi connectivity index (χ0v) is 14.1. The number of hydrogen-bond acceptors (Lipinski definition) is 6. The Morgan fingerprint density at radius 3 is 2.73 bits per heavy atom. The molecule has 2 atom stereocenters. The second-order valence-electron chi connectivity index (χ2n) is 5.53. The summed E-state index contributed by atoms with van der Waals surface area (Å²) >= 11 is 0. The van der Waals surface area contributed by atoms with Crippen LogP contribution in [0.15, 0.2) is 23.3 Å². The van der Waals surface area contributed by atoms with Crippen LogP contribution in [0.4, 0.5) is 9.59 Å². The molecule has 2 fully saturated rings. The second kappa shape index (κ2) is 7.17. The molecule has 3 rings (SSSR count). The Hall–Kier alpha value is -3.50. The molecule has 5 amide bonds. The molecule has 11 heteroatoms. The molecule has 2 aliphatic rings. The highest BCUT2D eigenvalue weighted by molar-refractivity contribution is 5.89. The van der Waals surface area contributed by atoms with Gasteiger partial charge < -0.3 is 25.4 Å². The van der Waals surface area contributed by atoms with Crippen LogP contribution >= 0.6 is 0 Å². The molecule has 26 heavy (non-hydrogen) atoms. The SMILES string of the molecule is COc1ccc(C=NNC(=O)CN2C(=O)NC3NC(=O)NC32)cc1OC. The molecule has 0 spiro atoms. The van der Waals surface area contributed by atoms with Crippen molar-refractivity contribution in [2.75, 3.05) is 20.8 Å². The van der Waals surface area contributed by atoms with E-state index in [9.17, 15) is 14.4 Å². The Morgan fingerprint density at radius 1 is 1.23 bits per heavy atom. The fraction of sp³-hybridized carbons (Fsp3) is 0.333. The Bertz CT molecular complexity index is 767. The first kappa shape index (κ1) is 17.3. The van der Waals surface area contributed by atoms with E-state index in [1.54, 1.807) is 18.2 Å². The third-order valence-electron chi connectivity index (χ3n) is 3.88. The highest BCUT2D eigenvalue weighted by Crippen LogP contribution is 2.26. The largest absolute Gasteiger partial charge is 0.493 e. The molecule has 0 aromatic heterocycles. The molecule has 4 N–H and O–H groups in total. The fourth-order valence-corrected chi connectivity index (χ4v) is 2.67. The topological polar surface area (TPSA) is 133 Å². The van der Waals surface area contributed by atoms with Crippen molar-refractivity contribution in [3.05, 3.63) is 23.8 Å². The van der Waals surface area contributed by atoms with E-state index in [-0.39, 0.29) is 6.54 Å². The molecule has 0 bridgehead atoms. The van der Waals surface area contributed by atoms with Gasteiger partial charge in [-0.15, -0.1) is 0 Å². The number of methoxy groups -OCH3 is 2. The van der Waals surface area contributed by atoms with Gasteiger partial charge in [-0.05, 0) is 23.8 Å². The van der Waals surface area contributed by atoms with Crippen molar-refractivity contribution >= 4 is 24.2 Å². The maximum atomic E-state index is 12.0. The van der Waals surface area contributed by atoms with Crippen LogP contribution in [0, 0.1) is 0 Å². The van der Waals surface area contributed by atoms with Gasteiger partial charge in [0.1, 0.15) is 18.9 Å². The van der Waals surface area contributed by atoms with Crippen molar-refractivity contribution in [1.29, 1.82) is 0 Å². The molecule has 0 aliphatic carbocycles. The van der Waals surface area contributed by atoms with E-state index in [1.807, 2.05) is 0 Å². The molecule has 0 radical (unpaired) electrons. The average Bonchev–Trinajstić information content (AvgIpc) is 3.11. The maximum absolute atomic E-state index is 12.0. The smallest absolute Gasteiger partial charge is 0.321 e. The van der Waals surface area contributed by atoms with E-state index in [4.69, 9.17) is 9.47 Å². The number of hydrogen-bond donors (Lipinski definition) is 4. The minimum atomic E-state index is -0.615. The lowest BCUT2D eigenvalue weighted by atomic mass is 10.2. The van der Waals surface area contributed by atoms with Crippen LogP contribution in [0.1, 0.15) is 5.56 Å². The van der Waals surface area contributed by atoms with E-state index in [0.29, 0.717) is 17.1 Å². The Kier molecular flexibility index (Phi) is 4.78. The summed E-state index contributed by atoms with van der Waals surface area (Å²) in [7, 11) is 3.05. The number of rotatable bonds is 6. The number of benzene rings is 1. The first-order valence-electron chi connectivity index (χ1n) is 7.70. The number of fused-ring (bicyclic) bond motifs is 1. The lowest BCUT2D eigenvalue weighted by Crippen LogP contribution is -2.47. The fourth-order valence-electron chi connectivity index (χ4n) is 2.67. The van der Waals surface area contributed by atoms with Crippen LogP contribution in [-0.4, -0.2) is 62.2 Å². The van der Waals surface area contributed by atoms with Crippen LogP contribution < -0.4 is 30.8 Å².